The summed E-state index contributed by atoms with van der Waals surface area (Å²) >= 11 is 4.32. The molecule has 0 amide bonds. The minimum absolute atomic E-state index is 0.154. The standard InChI is InChI=1S/C75H136F2N4S2/c1-6-10-14-18-22-26-29-33-37-41-53-78(54-42-38-34-30-27-23-19-15-11-7-2)56-60-82-62-58-80-67-75(65-71-47-51-73(77)52-48-71)81(68-74(80)64-70-45-49-72(76)50-46-70)59-63-83-61-57-79(55-43-39-35-31-28-24-20-16-12-8-3)66-69(5)44-40-36-32-25-21-17-13-9-4/h45-52,69,74-75H,6-44,53-68H2,1-5H3. The summed E-state index contributed by atoms with van der Waals surface area (Å²) in [5.74, 6) is 5.11. The lowest BCUT2D eigenvalue weighted by atomic mass is 9.96. The van der Waals surface area contributed by atoms with E-state index in [2.05, 4.69) is 77.7 Å². The second-order valence-electron chi connectivity index (χ2n) is 26.2. The highest BCUT2D eigenvalue weighted by Gasteiger charge is 2.33. The Hall–Kier alpha value is -1.16. The molecule has 8 heteroatoms. The van der Waals surface area contributed by atoms with E-state index in [1.54, 1.807) is 24.3 Å². The van der Waals surface area contributed by atoms with Crippen LogP contribution in [0.4, 0.5) is 8.78 Å². The van der Waals surface area contributed by atoms with E-state index in [4.69, 9.17) is 0 Å². The van der Waals surface area contributed by atoms with Crippen molar-refractivity contribution < 1.29 is 8.78 Å². The van der Waals surface area contributed by atoms with Gasteiger partial charge in [-0.05, 0) is 99.5 Å². The van der Waals surface area contributed by atoms with Crippen LogP contribution >= 0.6 is 23.5 Å². The fraction of sp³-hybridized carbons (Fsp3) is 0.840. The Kier molecular flexibility index (Phi) is 50.4. The number of nitrogens with zero attached hydrogens (tertiary/aromatic N) is 4. The third kappa shape index (κ3) is 42.4. The fourth-order valence-electron chi connectivity index (χ4n) is 13.0. The molecule has 3 rings (SSSR count). The molecule has 482 valence electrons. The highest BCUT2D eigenvalue weighted by Crippen LogP contribution is 2.25. The zero-order chi connectivity index (χ0) is 59.3. The summed E-state index contributed by atoms with van der Waals surface area (Å²) in [6.45, 7) is 23.4. The molecule has 0 bridgehead atoms. The first-order valence-electron chi connectivity index (χ1n) is 36.4. The van der Waals surface area contributed by atoms with E-state index in [-0.39, 0.29) is 11.6 Å². The van der Waals surface area contributed by atoms with Crippen LogP contribution in [0.2, 0.25) is 0 Å². The van der Waals surface area contributed by atoms with Crippen molar-refractivity contribution in [1.82, 2.24) is 19.6 Å². The molecule has 2 aromatic rings. The first-order chi connectivity index (χ1) is 40.8. The number of hydrogen-bond acceptors (Lipinski definition) is 6. The molecule has 0 aliphatic carbocycles. The number of hydrogen-bond donors (Lipinski definition) is 0. The van der Waals surface area contributed by atoms with Crippen LogP contribution in [0, 0.1) is 17.6 Å². The van der Waals surface area contributed by atoms with Crippen molar-refractivity contribution in [3.05, 3.63) is 71.3 Å². The van der Waals surface area contributed by atoms with Crippen molar-refractivity contribution in [3.8, 4) is 0 Å². The lowest BCUT2D eigenvalue weighted by Gasteiger charge is -2.47. The Morgan fingerprint density at radius 2 is 0.663 bits per heavy atom. The lowest BCUT2D eigenvalue weighted by Crippen LogP contribution is -2.60. The third-order valence-corrected chi connectivity index (χ3v) is 20.3. The first kappa shape index (κ1) is 76.1. The van der Waals surface area contributed by atoms with Crippen molar-refractivity contribution in [3.63, 3.8) is 0 Å². The van der Waals surface area contributed by atoms with Crippen LogP contribution in [0.3, 0.4) is 0 Å². The van der Waals surface area contributed by atoms with E-state index >= 15 is 0 Å². The zero-order valence-corrected chi connectivity index (χ0v) is 57.2. The van der Waals surface area contributed by atoms with Crippen LogP contribution < -0.4 is 0 Å². The topological polar surface area (TPSA) is 13.0 Å². The fourth-order valence-corrected chi connectivity index (χ4v) is 14.9. The summed E-state index contributed by atoms with van der Waals surface area (Å²) in [5, 5.41) is 0. The molecule has 3 atom stereocenters. The Morgan fingerprint density at radius 1 is 0.373 bits per heavy atom. The number of unbranched alkanes of at least 4 members (excludes halogenated alkanes) is 34. The molecule has 1 fully saturated rings. The average Bonchev–Trinajstić information content (AvgIpc) is 3.49. The van der Waals surface area contributed by atoms with Crippen molar-refractivity contribution in [2.75, 3.05) is 88.5 Å². The molecule has 4 nitrogen and oxygen atoms in total. The molecule has 0 aromatic heterocycles. The van der Waals surface area contributed by atoms with E-state index in [1.807, 2.05) is 24.3 Å². The predicted molar refractivity (Wildman–Crippen MR) is 370 cm³/mol. The molecule has 1 aliphatic rings. The molecule has 2 aromatic carbocycles. The van der Waals surface area contributed by atoms with Gasteiger partial charge in [-0.1, -0.05) is 284 Å². The van der Waals surface area contributed by atoms with E-state index in [0.29, 0.717) is 12.1 Å². The van der Waals surface area contributed by atoms with Gasteiger partial charge in [0.05, 0.1) is 0 Å². The van der Waals surface area contributed by atoms with Gasteiger partial charge in [-0.3, -0.25) is 9.80 Å². The van der Waals surface area contributed by atoms with Gasteiger partial charge in [-0.2, -0.15) is 23.5 Å². The molecular formula is C75H136F2N4S2. The monoisotopic (exact) mass is 1200 g/mol. The normalized spacial score (nSPS) is 15.6. The molecule has 83 heavy (non-hydrogen) atoms. The highest BCUT2D eigenvalue weighted by atomic mass is 32.2. The van der Waals surface area contributed by atoms with Gasteiger partial charge in [0.15, 0.2) is 0 Å². The van der Waals surface area contributed by atoms with Gasteiger partial charge in [0.1, 0.15) is 11.6 Å². The van der Waals surface area contributed by atoms with Gasteiger partial charge in [0.2, 0.25) is 0 Å². The molecule has 1 aliphatic heterocycles. The summed E-state index contributed by atoms with van der Waals surface area (Å²) in [4.78, 5) is 11.3. The van der Waals surface area contributed by atoms with Crippen LogP contribution in [0.5, 0.6) is 0 Å². The Labute approximate surface area is 524 Å². The largest absolute Gasteiger partial charge is 0.303 e. The van der Waals surface area contributed by atoms with Gasteiger partial charge in [0.25, 0.3) is 0 Å². The Balaban J connectivity index is 1.60. The van der Waals surface area contributed by atoms with Crippen LogP contribution in [0.25, 0.3) is 0 Å². The summed E-state index contributed by atoms with van der Waals surface area (Å²) in [7, 11) is 0. The van der Waals surface area contributed by atoms with E-state index in [9.17, 15) is 8.78 Å². The van der Waals surface area contributed by atoms with Crippen LogP contribution in [0.15, 0.2) is 48.5 Å². The number of rotatable bonds is 60. The zero-order valence-electron chi connectivity index (χ0n) is 55.6. The third-order valence-electron chi connectivity index (χ3n) is 18.4. The summed E-state index contributed by atoms with van der Waals surface area (Å²) in [6, 6.07) is 15.4. The quantitative estimate of drug-likeness (QED) is 0.0608. The van der Waals surface area contributed by atoms with E-state index in [0.717, 1.165) is 56.4 Å². The minimum Gasteiger partial charge on any atom is -0.303 e. The minimum atomic E-state index is -0.154. The van der Waals surface area contributed by atoms with Gasteiger partial charge in [0, 0.05) is 80.9 Å². The predicted octanol–water partition coefficient (Wildman–Crippen LogP) is 22.1. The molecule has 1 heterocycles. The maximum atomic E-state index is 14.3. The van der Waals surface area contributed by atoms with Crippen LogP contribution in [-0.2, 0) is 12.8 Å². The SMILES string of the molecule is CCCCCCCCCCCCN(CCCCCCCCCCCC)CCSCCN1CC(Cc2ccc(F)cc2)N(CCSCCN(CCCCCCCCCCCC)CC(C)CCCCCCCCCC)CC1Cc1ccc(F)cc1. The van der Waals surface area contributed by atoms with E-state index in [1.165, 1.54) is 312 Å². The number of thioether (sulfide) groups is 2. The molecule has 3 unspecified atom stereocenters. The Bertz CT molecular complexity index is 1640. The molecule has 0 spiro atoms. The van der Waals surface area contributed by atoms with Crippen LogP contribution in [-0.4, -0.2) is 120 Å². The summed E-state index contributed by atoms with van der Waals surface area (Å²) in [5.41, 5.74) is 2.46. The number of benzene rings is 2. The average molecular weight is 1200 g/mol. The number of halogens is 2. The lowest BCUT2D eigenvalue weighted by molar-refractivity contribution is 0.0360. The van der Waals surface area contributed by atoms with Gasteiger partial charge >= 0.3 is 0 Å². The second kappa shape index (κ2) is 54.9. The molecule has 0 saturated carbocycles. The van der Waals surface area contributed by atoms with Gasteiger partial charge in [-0.25, -0.2) is 8.78 Å². The summed E-state index contributed by atoms with van der Waals surface area (Å²) in [6.07, 6.45) is 56.4. The number of piperazine rings is 1. The molecule has 1 saturated heterocycles. The second-order valence-corrected chi connectivity index (χ2v) is 28.7. The first-order valence-corrected chi connectivity index (χ1v) is 38.7. The highest BCUT2D eigenvalue weighted by molar-refractivity contribution is 7.99. The van der Waals surface area contributed by atoms with Crippen molar-refractivity contribution in [1.29, 1.82) is 0 Å². The Morgan fingerprint density at radius 3 is 1.00 bits per heavy atom. The van der Waals surface area contributed by atoms with Crippen molar-refractivity contribution in [2.45, 2.75) is 310 Å². The smallest absolute Gasteiger partial charge is 0.123 e. The maximum absolute atomic E-state index is 14.3. The van der Waals surface area contributed by atoms with Gasteiger partial charge < -0.3 is 9.80 Å². The van der Waals surface area contributed by atoms with Crippen molar-refractivity contribution in [2.24, 2.45) is 5.92 Å². The van der Waals surface area contributed by atoms with Crippen molar-refractivity contribution >= 4 is 23.5 Å². The van der Waals surface area contributed by atoms with E-state index < -0.39 is 0 Å². The molecule has 0 N–H and O–H groups in total. The summed E-state index contributed by atoms with van der Waals surface area (Å²) < 4.78 is 28.5. The maximum Gasteiger partial charge on any atom is 0.123 e. The van der Waals surface area contributed by atoms with Crippen LogP contribution in [0.1, 0.15) is 296 Å². The molecule has 0 radical (unpaired) electrons. The van der Waals surface area contributed by atoms with Gasteiger partial charge in [-0.15, -0.1) is 0 Å². The molecular weight excluding hydrogens is 1060 g/mol.